The van der Waals surface area contributed by atoms with E-state index in [0.29, 0.717) is 6.54 Å². The topological polar surface area (TPSA) is 38.5 Å². The summed E-state index contributed by atoms with van der Waals surface area (Å²) < 4.78 is 5.47. The first-order valence-electron chi connectivity index (χ1n) is 3.89. The molecule has 0 spiro atoms. The van der Waals surface area contributed by atoms with Gasteiger partial charge in [-0.05, 0) is 12.8 Å². The van der Waals surface area contributed by atoms with Crippen LogP contribution in [0.2, 0.25) is 0 Å². The summed E-state index contributed by atoms with van der Waals surface area (Å²) in [5.74, 6) is 0. The van der Waals surface area contributed by atoms with Gasteiger partial charge in [0.15, 0.2) is 0 Å². The van der Waals surface area contributed by atoms with Crippen LogP contribution in [0, 0.1) is 0 Å². The number of hydrogen-bond donors (Lipinski definition) is 1. The monoisotopic (exact) mass is 153 g/mol. The average molecular weight is 153 g/mol. The van der Waals surface area contributed by atoms with Gasteiger partial charge in [0.2, 0.25) is 0 Å². The third-order valence-electron chi connectivity index (χ3n) is 2.10. The lowest BCUT2D eigenvalue weighted by molar-refractivity contribution is 0.296. The third kappa shape index (κ3) is 1.52. The highest BCUT2D eigenvalue weighted by Crippen LogP contribution is 2.42. The van der Waals surface area contributed by atoms with Crippen molar-refractivity contribution in [3.05, 3.63) is 25.3 Å². The van der Waals surface area contributed by atoms with Crippen LogP contribution in [0.15, 0.2) is 25.3 Å². The Balaban J connectivity index is 2.47. The Bertz CT molecular complexity index is 155. The van der Waals surface area contributed by atoms with E-state index in [0.717, 1.165) is 12.8 Å². The zero-order valence-electron chi connectivity index (χ0n) is 6.75. The van der Waals surface area contributed by atoms with Crippen molar-refractivity contribution in [3.63, 3.8) is 0 Å². The molecule has 1 heterocycles. The summed E-state index contributed by atoms with van der Waals surface area (Å²) in [4.78, 5) is 0. The fraction of sp³-hybridized carbons (Fsp3) is 0.556. The minimum Gasteiger partial charge on any atom is -0.364 e. The summed E-state index contributed by atoms with van der Waals surface area (Å²) in [7, 11) is 0. The number of hydrogen-bond acceptors (Lipinski definition) is 2. The third-order valence-corrected chi connectivity index (χ3v) is 2.10. The Hall–Kier alpha value is -0.600. The van der Waals surface area contributed by atoms with Crippen molar-refractivity contribution in [1.29, 1.82) is 0 Å². The van der Waals surface area contributed by atoms with Crippen molar-refractivity contribution < 1.29 is 4.74 Å². The van der Waals surface area contributed by atoms with Gasteiger partial charge < -0.3 is 10.5 Å². The second kappa shape index (κ2) is 3.20. The molecule has 0 amide bonds. The van der Waals surface area contributed by atoms with Gasteiger partial charge in [0.25, 0.3) is 0 Å². The molecular formula is C9H15NO. The predicted molar refractivity (Wildman–Crippen MR) is 46.3 cm³/mol. The molecule has 1 unspecified atom stereocenters. The van der Waals surface area contributed by atoms with E-state index in [-0.39, 0.29) is 11.7 Å². The Morgan fingerprint density at radius 3 is 2.18 bits per heavy atom. The summed E-state index contributed by atoms with van der Waals surface area (Å²) in [6, 6.07) is 0. The standard InChI is InChI=1S/C9H15NO/c1-3-5-9(6-4-2)8(7-10)11-9/h3-4,8H,1-2,5-7,10H2. The fourth-order valence-electron chi connectivity index (χ4n) is 1.44. The lowest BCUT2D eigenvalue weighted by Gasteiger charge is -2.05. The molecule has 2 heteroatoms. The maximum absolute atomic E-state index is 5.48. The minimum absolute atomic E-state index is 0.0434. The van der Waals surface area contributed by atoms with Crippen LogP contribution in [0.25, 0.3) is 0 Å². The Morgan fingerprint density at radius 1 is 1.36 bits per heavy atom. The van der Waals surface area contributed by atoms with Gasteiger partial charge in [0, 0.05) is 6.54 Å². The van der Waals surface area contributed by atoms with Gasteiger partial charge in [0.1, 0.15) is 11.7 Å². The quantitative estimate of drug-likeness (QED) is 0.476. The molecule has 1 fully saturated rings. The maximum Gasteiger partial charge on any atom is 0.103 e. The normalized spacial score (nSPS) is 26.1. The second-order valence-electron chi connectivity index (χ2n) is 2.89. The molecule has 0 aromatic rings. The molecule has 1 atom stereocenters. The molecule has 11 heavy (non-hydrogen) atoms. The van der Waals surface area contributed by atoms with Crippen molar-refractivity contribution in [1.82, 2.24) is 0 Å². The number of epoxide rings is 1. The van der Waals surface area contributed by atoms with Gasteiger partial charge in [-0.3, -0.25) is 0 Å². The predicted octanol–water partition coefficient (Wildman–Crippen LogP) is 1.23. The van der Waals surface area contributed by atoms with Gasteiger partial charge in [-0.25, -0.2) is 0 Å². The smallest absolute Gasteiger partial charge is 0.103 e. The van der Waals surface area contributed by atoms with Crippen molar-refractivity contribution >= 4 is 0 Å². The van der Waals surface area contributed by atoms with Crippen molar-refractivity contribution in [3.8, 4) is 0 Å². The molecule has 1 aliphatic heterocycles. The van der Waals surface area contributed by atoms with Crippen molar-refractivity contribution in [2.45, 2.75) is 24.5 Å². The molecule has 0 bridgehead atoms. The van der Waals surface area contributed by atoms with Crippen LogP contribution < -0.4 is 5.73 Å². The van der Waals surface area contributed by atoms with E-state index in [1.807, 2.05) is 12.2 Å². The van der Waals surface area contributed by atoms with Crippen molar-refractivity contribution in [2.75, 3.05) is 6.54 Å². The van der Waals surface area contributed by atoms with Crippen LogP contribution >= 0.6 is 0 Å². The molecule has 1 saturated heterocycles. The number of ether oxygens (including phenoxy) is 1. The average Bonchev–Trinajstić information content (AvgIpc) is 2.65. The molecule has 0 aliphatic carbocycles. The van der Waals surface area contributed by atoms with Crippen molar-refractivity contribution in [2.24, 2.45) is 5.73 Å². The zero-order valence-corrected chi connectivity index (χ0v) is 6.75. The van der Waals surface area contributed by atoms with Crippen LogP contribution in [-0.2, 0) is 4.74 Å². The Morgan fingerprint density at radius 2 is 1.91 bits per heavy atom. The summed E-state index contributed by atoms with van der Waals surface area (Å²) in [6.07, 6.45) is 5.72. The largest absolute Gasteiger partial charge is 0.364 e. The van der Waals surface area contributed by atoms with Crippen LogP contribution in [0.3, 0.4) is 0 Å². The second-order valence-corrected chi connectivity index (χ2v) is 2.89. The highest BCUT2D eigenvalue weighted by Gasteiger charge is 2.53. The summed E-state index contributed by atoms with van der Waals surface area (Å²) in [5, 5.41) is 0. The molecule has 0 radical (unpaired) electrons. The number of nitrogens with two attached hydrogens (primary N) is 1. The van der Waals surface area contributed by atoms with E-state index in [1.165, 1.54) is 0 Å². The van der Waals surface area contributed by atoms with Crippen LogP contribution in [0.1, 0.15) is 12.8 Å². The highest BCUT2D eigenvalue weighted by molar-refractivity contribution is 5.09. The lowest BCUT2D eigenvalue weighted by Crippen LogP contribution is -2.19. The first-order chi connectivity index (χ1) is 5.29. The van der Waals surface area contributed by atoms with Gasteiger partial charge in [0.05, 0.1) is 0 Å². The lowest BCUT2D eigenvalue weighted by atomic mass is 9.97. The van der Waals surface area contributed by atoms with E-state index in [4.69, 9.17) is 10.5 Å². The van der Waals surface area contributed by atoms with Crippen LogP contribution in [0.5, 0.6) is 0 Å². The Kier molecular flexibility index (Phi) is 2.47. The van der Waals surface area contributed by atoms with E-state index in [2.05, 4.69) is 13.2 Å². The van der Waals surface area contributed by atoms with Gasteiger partial charge in [-0.15, -0.1) is 13.2 Å². The van der Waals surface area contributed by atoms with Gasteiger partial charge in [-0.2, -0.15) is 0 Å². The van der Waals surface area contributed by atoms with E-state index >= 15 is 0 Å². The first-order valence-corrected chi connectivity index (χ1v) is 3.89. The molecule has 62 valence electrons. The molecule has 0 aromatic heterocycles. The van der Waals surface area contributed by atoms with E-state index < -0.39 is 0 Å². The molecule has 0 saturated carbocycles. The Labute approximate surface area is 67.7 Å². The van der Waals surface area contributed by atoms with E-state index in [1.54, 1.807) is 0 Å². The molecule has 2 nitrogen and oxygen atoms in total. The molecule has 1 rings (SSSR count). The van der Waals surface area contributed by atoms with E-state index in [9.17, 15) is 0 Å². The first kappa shape index (κ1) is 8.50. The minimum atomic E-state index is -0.0434. The van der Waals surface area contributed by atoms with Crippen LogP contribution in [-0.4, -0.2) is 18.2 Å². The molecule has 1 aliphatic rings. The summed E-state index contributed by atoms with van der Waals surface area (Å²) in [6.45, 7) is 7.96. The van der Waals surface area contributed by atoms with Gasteiger partial charge in [-0.1, -0.05) is 12.2 Å². The molecule has 0 aromatic carbocycles. The summed E-state index contributed by atoms with van der Waals surface area (Å²) >= 11 is 0. The molecular weight excluding hydrogens is 138 g/mol. The zero-order chi connectivity index (χ0) is 8.32. The van der Waals surface area contributed by atoms with Gasteiger partial charge >= 0.3 is 0 Å². The number of rotatable bonds is 5. The molecule has 2 N–H and O–H groups in total. The highest BCUT2D eigenvalue weighted by atomic mass is 16.6. The fourth-order valence-corrected chi connectivity index (χ4v) is 1.44. The SMILES string of the molecule is C=CCC1(CC=C)OC1CN. The maximum atomic E-state index is 5.48. The van der Waals surface area contributed by atoms with Crippen LogP contribution in [0.4, 0.5) is 0 Å². The summed E-state index contributed by atoms with van der Waals surface area (Å²) in [5.41, 5.74) is 5.43.